The average Bonchev–Trinajstić information content (AvgIpc) is 2.77. The number of aromatic hydroxyl groups is 1. The Morgan fingerprint density at radius 2 is 1.56 bits per heavy atom. The fourth-order valence-electron chi connectivity index (χ4n) is 3.80. The second-order valence-corrected chi connectivity index (χ2v) is 7.65. The maximum absolute atomic E-state index is 12.9. The van der Waals surface area contributed by atoms with Crippen LogP contribution in [-0.4, -0.2) is 43.9 Å². The molecule has 1 aromatic heterocycles. The van der Waals surface area contributed by atoms with E-state index < -0.39 is 11.2 Å². The molecule has 0 spiro atoms. The van der Waals surface area contributed by atoms with Crippen LogP contribution >= 0.6 is 0 Å². The fraction of sp³-hybridized carbons (Fsp3) is 0.261. The Bertz CT molecular complexity index is 1150. The highest BCUT2D eigenvalue weighted by Gasteiger charge is 2.35. The molecule has 3 heterocycles. The number of fused-ring (bicyclic) bond motifs is 2. The van der Waals surface area contributed by atoms with E-state index in [1.54, 1.807) is 17.1 Å². The zero-order chi connectivity index (χ0) is 22.7. The molecule has 2 aromatic carbocycles. The lowest BCUT2D eigenvalue weighted by Crippen LogP contribution is -2.55. The Balaban J connectivity index is 0.000000155. The van der Waals surface area contributed by atoms with Crippen LogP contribution in [0.25, 0.3) is 0 Å². The van der Waals surface area contributed by atoms with Crippen molar-refractivity contribution in [3.63, 3.8) is 0 Å². The number of amides is 1. The maximum Gasteiger partial charge on any atom is 0.290 e. The summed E-state index contributed by atoms with van der Waals surface area (Å²) >= 11 is 0. The third kappa shape index (κ3) is 4.67. The van der Waals surface area contributed by atoms with Gasteiger partial charge >= 0.3 is 0 Å². The zero-order valence-electron chi connectivity index (χ0n) is 17.2. The Hall–Kier alpha value is -3.59. The maximum atomic E-state index is 12.9. The lowest BCUT2D eigenvalue weighted by Gasteiger charge is -2.42. The number of aromatic nitrogens is 2. The van der Waals surface area contributed by atoms with Crippen LogP contribution in [0.5, 0.6) is 5.75 Å². The van der Waals surface area contributed by atoms with Gasteiger partial charge in [0.2, 0.25) is 5.43 Å². The predicted molar refractivity (Wildman–Crippen MR) is 113 cm³/mol. The van der Waals surface area contributed by atoms with E-state index in [1.165, 1.54) is 28.9 Å². The quantitative estimate of drug-likeness (QED) is 0.663. The highest BCUT2D eigenvalue weighted by molar-refractivity contribution is 5.95. The second-order valence-electron chi connectivity index (χ2n) is 7.65. The standard InChI is InChI=1S/C13H10F2.C10H12N4O3/c14-12-5-1-3-10(8-12)7-11-4-2-6-13(15)9-11;15-7-5-11-13-6-12-3-1-2-4-14(12)10(17)8(13)9(7)16/h1-6,8-9H,7H2;5,16H,1-4,6H2. The van der Waals surface area contributed by atoms with Crippen LogP contribution in [0, 0.1) is 11.6 Å². The van der Waals surface area contributed by atoms with E-state index in [0.29, 0.717) is 19.6 Å². The molecule has 0 radical (unpaired) electrons. The van der Waals surface area contributed by atoms with E-state index in [-0.39, 0.29) is 23.2 Å². The van der Waals surface area contributed by atoms with Crippen molar-refractivity contribution in [2.45, 2.75) is 25.9 Å². The van der Waals surface area contributed by atoms with Gasteiger partial charge in [-0.05, 0) is 54.7 Å². The van der Waals surface area contributed by atoms with Gasteiger partial charge in [-0.15, -0.1) is 0 Å². The fourth-order valence-corrected chi connectivity index (χ4v) is 3.80. The average molecular weight is 440 g/mol. The number of halogens is 2. The molecule has 0 atom stereocenters. The van der Waals surface area contributed by atoms with Crippen molar-refractivity contribution < 1.29 is 18.7 Å². The number of carbonyl (C=O) groups excluding carboxylic acids is 1. The van der Waals surface area contributed by atoms with Crippen LogP contribution in [0.15, 0.2) is 59.5 Å². The molecule has 1 amide bonds. The van der Waals surface area contributed by atoms with Crippen LogP contribution in [0.2, 0.25) is 0 Å². The van der Waals surface area contributed by atoms with Crippen LogP contribution in [-0.2, 0) is 13.1 Å². The first-order valence-corrected chi connectivity index (χ1v) is 10.3. The molecular formula is C23H22F2N4O3. The first-order chi connectivity index (χ1) is 15.4. The largest absolute Gasteiger partial charge is 0.502 e. The highest BCUT2D eigenvalue weighted by atomic mass is 19.1. The molecule has 3 aromatic rings. The summed E-state index contributed by atoms with van der Waals surface area (Å²) in [7, 11) is 0. The molecule has 1 fully saturated rings. The minimum Gasteiger partial charge on any atom is -0.502 e. The van der Waals surface area contributed by atoms with Crippen molar-refractivity contribution >= 4 is 5.91 Å². The van der Waals surface area contributed by atoms with E-state index in [2.05, 4.69) is 5.10 Å². The summed E-state index contributed by atoms with van der Waals surface area (Å²) in [6.45, 7) is 1.82. The minimum absolute atomic E-state index is 0.00403. The van der Waals surface area contributed by atoms with Gasteiger partial charge in [0.1, 0.15) is 18.3 Å². The van der Waals surface area contributed by atoms with Crippen LogP contribution in [0.3, 0.4) is 0 Å². The Labute approximate surface area is 183 Å². The van der Waals surface area contributed by atoms with Crippen LogP contribution in [0.4, 0.5) is 8.78 Å². The molecular weight excluding hydrogens is 418 g/mol. The molecule has 2 aliphatic rings. The first kappa shape index (κ1) is 21.6. The second kappa shape index (κ2) is 9.27. The minimum atomic E-state index is -0.616. The van der Waals surface area contributed by atoms with Crippen LogP contribution in [0.1, 0.15) is 34.5 Å². The van der Waals surface area contributed by atoms with Gasteiger partial charge in [0.25, 0.3) is 5.91 Å². The molecule has 9 heteroatoms. The monoisotopic (exact) mass is 440 g/mol. The number of hydrogen-bond donors (Lipinski definition) is 1. The first-order valence-electron chi connectivity index (χ1n) is 10.3. The van der Waals surface area contributed by atoms with Crippen molar-refractivity contribution in [3.05, 3.63) is 93.4 Å². The number of hydrazine groups is 1. The molecule has 7 nitrogen and oxygen atoms in total. The smallest absolute Gasteiger partial charge is 0.290 e. The molecule has 1 saturated heterocycles. The van der Waals surface area contributed by atoms with Gasteiger partial charge in [0.05, 0.1) is 6.20 Å². The van der Waals surface area contributed by atoms with E-state index in [9.17, 15) is 23.5 Å². The van der Waals surface area contributed by atoms with Gasteiger partial charge in [-0.1, -0.05) is 24.3 Å². The van der Waals surface area contributed by atoms with Gasteiger partial charge in [0.15, 0.2) is 11.4 Å². The highest BCUT2D eigenvalue weighted by Crippen LogP contribution is 2.23. The number of rotatable bonds is 2. The third-order valence-corrected chi connectivity index (χ3v) is 5.33. The molecule has 0 unspecified atom stereocenters. The number of carbonyl (C=O) groups is 1. The summed E-state index contributed by atoms with van der Waals surface area (Å²) in [6.07, 6.45) is 3.56. The molecule has 1 N–H and O–H groups in total. The molecule has 0 saturated carbocycles. The summed E-state index contributed by atoms with van der Waals surface area (Å²) in [5.74, 6) is -1.37. The van der Waals surface area contributed by atoms with Gasteiger partial charge in [-0.2, -0.15) is 10.1 Å². The molecule has 2 aliphatic heterocycles. The zero-order valence-corrected chi connectivity index (χ0v) is 17.2. The number of benzene rings is 2. The lowest BCUT2D eigenvalue weighted by molar-refractivity contribution is -0.0658. The lowest BCUT2D eigenvalue weighted by atomic mass is 10.1. The topological polar surface area (TPSA) is 78.7 Å². The summed E-state index contributed by atoms with van der Waals surface area (Å²) in [6, 6.07) is 12.7. The third-order valence-electron chi connectivity index (χ3n) is 5.33. The van der Waals surface area contributed by atoms with Crippen molar-refractivity contribution in [1.29, 1.82) is 0 Å². The number of nitrogens with zero attached hydrogens (tertiary/aromatic N) is 4. The Morgan fingerprint density at radius 3 is 2.19 bits per heavy atom. The summed E-state index contributed by atoms with van der Waals surface area (Å²) in [5, 5.41) is 17.0. The van der Waals surface area contributed by atoms with E-state index in [0.717, 1.165) is 36.7 Å². The molecule has 0 aliphatic carbocycles. The molecule has 5 rings (SSSR count). The summed E-state index contributed by atoms with van der Waals surface area (Å²) in [5.41, 5.74) is 1.08. The van der Waals surface area contributed by atoms with E-state index in [1.807, 2.05) is 17.1 Å². The van der Waals surface area contributed by atoms with Gasteiger partial charge in [-0.3, -0.25) is 14.6 Å². The SMILES string of the molecule is Fc1cccc(Cc2cccc(F)c2)c1.O=C1c2c(O)c(=O)cnn2CN2CCCCN12. The van der Waals surface area contributed by atoms with E-state index >= 15 is 0 Å². The number of hydrogen-bond acceptors (Lipinski definition) is 5. The molecule has 0 bridgehead atoms. The van der Waals surface area contributed by atoms with Crippen molar-refractivity contribution in [1.82, 2.24) is 19.8 Å². The van der Waals surface area contributed by atoms with Gasteiger partial charge in [0, 0.05) is 13.1 Å². The van der Waals surface area contributed by atoms with E-state index in [4.69, 9.17) is 0 Å². The summed E-state index contributed by atoms with van der Waals surface area (Å²) < 4.78 is 27.1. The van der Waals surface area contributed by atoms with Crippen molar-refractivity contribution in [3.8, 4) is 5.75 Å². The van der Waals surface area contributed by atoms with Gasteiger partial charge < -0.3 is 5.11 Å². The Morgan fingerprint density at radius 1 is 0.938 bits per heavy atom. The molecule has 32 heavy (non-hydrogen) atoms. The predicted octanol–water partition coefficient (Wildman–Crippen LogP) is 2.93. The van der Waals surface area contributed by atoms with Crippen molar-refractivity contribution in [2.75, 3.05) is 13.1 Å². The van der Waals surface area contributed by atoms with Gasteiger partial charge in [-0.25, -0.2) is 13.5 Å². The summed E-state index contributed by atoms with van der Waals surface area (Å²) in [4.78, 5) is 23.4. The molecule has 166 valence electrons. The van der Waals surface area contributed by atoms with Crippen LogP contribution < -0.4 is 5.43 Å². The normalized spacial score (nSPS) is 15.4. The Kier molecular flexibility index (Phi) is 6.27. The van der Waals surface area contributed by atoms with Crippen molar-refractivity contribution in [2.24, 2.45) is 0 Å².